The number of aromatic amines is 1. The second-order valence-electron chi connectivity index (χ2n) is 7.65. The van der Waals surface area contributed by atoms with Crippen molar-refractivity contribution in [1.82, 2.24) is 10.3 Å². The van der Waals surface area contributed by atoms with E-state index >= 15 is 0 Å². The van der Waals surface area contributed by atoms with Crippen molar-refractivity contribution in [3.05, 3.63) is 93.3 Å². The van der Waals surface area contributed by atoms with E-state index in [0.29, 0.717) is 40.3 Å². The second-order valence-corrected chi connectivity index (χ2v) is 8.46. The van der Waals surface area contributed by atoms with Gasteiger partial charge in [0, 0.05) is 29.2 Å². The molecule has 33 heavy (non-hydrogen) atoms. The average molecular weight is 487 g/mol. The molecule has 0 saturated heterocycles. The Morgan fingerprint density at radius 3 is 2.64 bits per heavy atom. The highest BCUT2D eigenvalue weighted by atomic mass is 35.5. The monoisotopic (exact) mass is 486 g/mol. The Hall–Kier alpha value is -2.73. The first-order valence-electron chi connectivity index (χ1n) is 10.8. The van der Waals surface area contributed by atoms with Gasteiger partial charge in [-0.25, -0.2) is 4.39 Å². The third-order valence-corrected chi connectivity index (χ3v) is 5.96. The number of halogens is 3. The number of nitrogens with one attached hydrogen (secondary N) is 2. The van der Waals surface area contributed by atoms with Crippen molar-refractivity contribution in [1.29, 1.82) is 0 Å². The lowest BCUT2D eigenvalue weighted by molar-refractivity contribution is 0.269. The zero-order chi connectivity index (χ0) is 23.2. The summed E-state index contributed by atoms with van der Waals surface area (Å²) in [5, 5.41) is 5.48. The van der Waals surface area contributed by atoms with Crippen molar-refractivity contribution in [2.45, 2.75) is 26.5 Å². The quantitative estimate of drug-likeness (QED) is 0.239. The normalized spacial score (nSPS) is 11.2. The molecule has 0 aliphatic rings. The molecule has 4 nitrogen and oxygen atoms in total. The molecule has 0 saturated carbocycles. The molecule has 0 amide bonds. The lowest BCUT2D eigenvalue weighted by Gasteiger charge is -2.16. The van der Waals surface area contributed by atoms with Crippen molar-refractivity contribution in [3.8, 4) is 11.5 Å². The fraction of sp³-hybridized carbons (Fsp3) is 0.231. The molecular weight excluding hydrogens is 462 g/mol. The fourth-order valence-corrected chi connectivity index (χ4v) is 4.22. The number of benzene rings is 3. The summed E-state index contributed by atoms with van der Waals surface area (Å²) in [5.41, 5.74) is 4.10. The molecule has 0 bridgehead atoms. The Bertz CT molecular complexity index is 1240. The van der Waals surface area contributed by atoms with Crippen molar-refractivity contribution < 1.29 is 13.9 Å². The predicted molar refractivity (Wildman–Crippen MR) is 132 cm³/mol. The van der Waals surface area contributed by atoms with Crippen LogP contribution in [-0.2, 0) is 19.6 Å². The molecule has 4 rings (SSSR count). The van der Waals surface area contributed by atoms with Crippen LogP contribution in [0.2, 0.25) is 10.0 Å². The summed E-state index contributed by atoms with van der Waals surface area (Å²) in [4.78, 5) is 3.31. The van der Waals surface area contributed by atoms with E-state index < -0.39 is 5.82 Å². The van der Waals surface area contributed by atoms with Gasteiger partial charge in [-0.2, -0.15) is 0 Å². The van der Waals surface area contributed by atoms with Gasteiger partial charge in [-0.15, -0.1) is 0 Å². The maximum Gasteiger partial charge on any atom is 0.180 e. The first-order valence-corrected chi connectivity index (χ1v) is 11.6. The number of fused-ring (bicyclic) bond motifs is 1. The molecule has 0 aliphatic heterocycles. The number of H-pyrrole nitrogens is 1. The molecule has 2 N–H and O–H groups in total. The van der Waals surface area contributed by atoms with E-state index in [2.05, 4.69) is 34.7 Å². The molecule has 0 atom stereocenters. The number of hydrogen-bond donors (Lipinski definition) is 2. The summed E-state index contributed by atoms with van der Waals surface area (Å²) in [5.74, 6) is 0.622. The van der Waals surface area contributed by atoms with Crippen LogP contribution < -0.4 is 14.8 Å². The Kier molecular flexibility index (Phi) is 7.76. The van der Waals surface area contributed by atoms with E-state index in [4.69, 9.17) is 32.7 Å². The largest absolute Gasteiger partial charge is 0.490 e. The summed E-state index contributed by atoms with van der Waals surface area (Å²) in [7, 11) is 0. The Morgan fingerprint density at radius 2 is 1.82 bits per heavy atom. The van der Waals surface area contributed by atoms with Crippen LogP contribution in [0, 0.1) is 5.82 Å². The Morgan fingerprint density at radius 1 is 0.970 bits per heavy atom. The topological polar surface area (TPSA) is 46.3 Å². The summed E-state index contributed by atoms with van der Waals surface area (Å²) in [6, 6.07) is 16.3. The highest BCUT2D eigenvalue weighted by molar-refractivity contribution is 6.32. The predicted octanol–water partition coefficient (Wildman–Crippen LogP) is 6.92. The molecule has 172 valence electrons. The number of aromatic nitrogens is 1. The molecule has 1 aromatic heterocycles. The lowest BCUT2D eigenvalue weighted by atomic mass is 10.1. The third kappa shape index (κ3) is 5.80. The van der Waals surface area contributed by atoms with Crippen LogP contribution in [0.15, 0.2) is 60.8 Å². The summed E-state index contributed by atoms with van der Waals surface area (Å²) >= 11 is 12.6. The summed E-state index contributed by atoms with van der Waals surface area (Å²) < 4.78 is 25.0. The minimum absolute atomic E-state index is 0.154. The van der Waals surface area contributed by atoms with E-state index in [9.17, 15) is 4.39 Å². The third-order valence-electron chi connectivity index (χ3n) is 5.33. The number of hydrogen-bond acceptors (Lipinski definition) is 3. The molecule has 1 heterocycles. The van der Waals surface area contributed by atoms with E-state index in [-0.39, 0.29) is 6.61 Å². The molecule has 0 unspecified atom stereocenters. The minimum atomic E-state index is -0.390. The van der Waals surface area contributed by atoms with Gasteiger partial charge in [-0.3, -0.25) is 0 Å². The molecule has 7 heteroatoms. The number of rotatable bonds is 10. The maximum atomic E-state index is 13.3. The van der Waals surface area contributed by atoms with Crippen LogP contribution in [-0.4, -0.2) is 18.1 Å². The molecule has 0 radical (unpaired) electrons. The first-order chi connectivity index (χ1) is 16.0. The van der Waals surface area contributed by atoms with E-state index in [0.717, 1.165) is 24.0 Å². The fourth-order valence-electron chi connectivity index (χ4n) is 3.71. The van der Waals surface area contributed by atoms with Crippen molar-refractivity contribution >= 4 is 34.1 Å². The average Bonchev–Trinajstić information content (AvgIpc) is 3.21. The van der Waals surface area contributed by atoms with Gasteiger partial charge >= 0.3 is 0 Å². The van der Waals surface area contributed by atoms with Gasteiger partial charge in [0.1, 0.15) is 12.4 Å². The van der Waals surface area contributed by atoms with Gasteiger partial charge in [0.2, 0.25) is 0 Å². The molecule has 0 spiro atoms. The highest BCUT2D eigenvalue weighted by Crippen LogP contribution is 2.37. The van der Waals surface area contributed by atoms with E-state index in [1.165, 1.54) is 23.1 Å². The van der Waals surface area contributed by atoms with E-state index in [1.54, 1.807) is 6.07 Å². The summed E-state index contributed by atoms with van der Waals surface area (Å²) in [6.07, 6.45) is 2.98. The molecule has 4 aromatic rings. The SMILES string of the molecule is CCOc1cc(CNCCc2c[nH]c3ccccc23)cc(Cl)c1OCc1ccc(F)cc1Cl. The zero-order valence-corrected chi connectivity index (χ0v) is 19.8. The van der Waals surface area contributed by atoms with Crippen molar-refractivity contribution in [2.24, 2.45) is 0 Å². The van der Waals surface area contributed by atoms with E-state index in [1.807, 2.05) is 25.1 Å². The highest BCUT2D eigenvalue weighted by Gasteiger charge is 2.14. The number of para-hydroxylation sites is 1. The Balaban J connectivity index is 1.39. The second kappa shape index (κ2) is 10.9. The molecular formula is C26H25Cl2FN2O2. The summed E-state index contributed by atoms with van der Waals surface area (Å²) in [6.45, 7) is 4.00. The van der Waals surface area contributed by atoms with Crippen LogP contribution in [0.25, 0.3) is 10.9 Å². The van der Waals surface area contributed by atoms with Gasteiger partial charge in [-0.05, 0) is 61.3 Å². The van der Waals surface area contributed by atoms with Gasteiger partial charge in [0.15, 0.2) is 11.5 Å². The van der Waals surface area contributed by atoms with Crippen LogP contribution in [0.4, 0.5) is 4.39 Å². The van der Waals surface area contributed by atoms with Gasteiger partial charge in [-0.1, -0.05) is 47.5 Å². The van der Waals surface area contributed by atoms with Crippen molar-refractivity contribution in [2.75, 3.05) is 13.2 Å². The van der Waals surface area contributed by atoms with Gasteiger partial charge in [0.25, 0.3) is 0 Å². The van der Waals surface area contributed by atoms with Crippen LogP contribution in [0.5, 0.6) is 11.5 Å². The molecule has 0 fully saturated rings. The lowest BCUT2D eigenvalue weighted by Crippen LogP contribution is -2.16. The van der Waals surface area contributed by atoms with Crippen LogP contribution in [0.1, 0.15) is 23.6 Å². The smallest absolute Gasteiger partial charge is 0.180 e. The Labute approximate surface area is 202 Å². The molecule has 0 aliphatic carbocycles. The first kappa shape index (κ1) is 23.4. The zero-order valence-electron chi connectivity index (χ0n) is 18.3. The van der Waals surface area contributed by atoms with Crippen LogP contribution in [0.3, 0.4) is 0 Å². The number of ether oxygens (including phenoxy) is 2. The maximum absolute atomic E-state index is 13.3. The van der Waals surface area contributed by atoms with Crippen molar-refractivity contribution in [3.63, 3.8) is 0 Å². The van der Waals surface area contributed by atoms with Crippen LogP contribution >= 0.6 is 23.2 Å². The minimum Gasteiger partial charge on any atom is -0.490 e. The standard InChI is InChI=1S/C26H25Cl2FN2O2/c1-2-32-25-12-17(14-30-10-9-18-15-31-24-6-4-3-5-21(18)24)11-23(28)26(25)33-16-19-7-8-20(29)13-22(19)27/h3-8,11-13,15,30-31H,2,9-10,14,16H2,1H3. The van der Waals surface area contributed by atoms with Gasteiger partial charge < -0.3 is 19.8 Å². The van der Waals surface area contributed by atoms with Gasteiger partial charge in [0.05, 0.1) is 16.7 Å². The molecule has 3 aromatic carbocycles.